The van der Waals surface area contributed by atoms with E-state index in [1.165, 1.54) is 5.56 Å². The Hall–Kier alpha value is -1.95. The minimum atomic E-state index is -0.531. The Balaban J connectivity index is 2.06. The maximum atomic E-state index is 9.01. The molecule has 0 radical (unpaired) electrons. The van der Waals surface area contributed by atoms with Crippen molar-refractivity contribution >= 4 is 0 Å². The first kappa shape index (κ1) is 15.9. The molecule has 0 spiro atoms. The van der Waals surface area contributed by atoms with E-state index in [-0.39, 0.29) is 13.2 Å². The molecule has 1 aliphatic rings. The Morgan fingerprint density at radius 2 is 2.09 bits per heavy atom. The highest BCUT2D eigenvalue weighted by atomic mass is 16.6. The van der Waals surface area contributed by atoms with Crippen molar-refractivity contribution < 1.29 is 19.3 Å². The third-order valence-electron chi connectivity index (χ3n) is 4.19. The third-order valence-corrected chi connectivity index (χ3v) is 4.19. The fourth-order valence-corrected chi connectivity index (χ4v) is 2.75. The Morgan fingerprint density at radius 3 is 2.70 bits per heavy atom. The van der Waals surface area contributed by atoms with Gasteiger partial charge in [0.05, 0.1) is 25.4 Å². The van der Waals surface area contributed by atoms with E-state index in [0.29, 0.717) is 19.1 Å². The summed E-state index contributed by atoms with van der Waals surface area (Å²) in [4.78, 5) is 4.46. The first-order chi connectivity index (χ1) is 11.2. The summed E-state index contributed by atoms with van der Waals surface area (Å²) in [5.41, 5.74) is 3.65. The molecular weight excluding hydrogens is 294 g/mol. The first-order valence-electron chi connectivity index (χ1n) is 7.63. The first-order valence-corrected chi connectivity index (χ1v) is 7.63. The Bertz CT molecular complexity index is 677. The number of rotatable bonds is 6. The average molecular weight is 315 g/mol. The maximum absolute atomic E-state index is 9.01. The Morgan fingerprint density at radius 1 is 1.30 bits per heavy atom. The summed E-state index contributed by atoms with van der Waals surface area (Å²) >= 11 is 0. The number of pyridine rings is 1. The van der Waals surface area contributed by atoms with E-state index in [0.717, 1.165) is 16.7 Å². The van der Waals surface area contributed by atoms with Crippen LogP contribution in [0.5, 0.6) is 5.88 Å². The van der Waals surface area contributed by atoms with Gasteiger partial charge in [0.15, 0.2) is 0 Å². The molecule has 2 aromatic rings. The van der Waals surface area contributed by atoms with Crippen LogP contribution in [0.15, 0.2) is 36.5 Å². The van der Waals surface area contributed by atoms with Crippen LogP contribution < -0.4 is 4.74 Å². The molecule has 0 atom stereocenters. The van der Waals surface area contributed by atoms with Gasteiger partial charge >= 0.3 is 0 Å². The molecule has 23 heavy (non-hydrogen) atoms. The lowest BCUT2D eigenvalue weighted by molar-refractivity contribution is -0.203. The molecule has 122 valence electrons. The van der Waals surface area contributed by atoms with Crippen molar-refractivity contribution in [1.29, 1.82) is 0 Å². The van der Waals surface area contributed by atoms with Gasteiger partial charge in [0.2, 0.25) is 5.88 Å². The minimum absolute atomic E-state index is 0.0584. The molecule has 0 saturated carbocycles. The molecule has 1 saturated heterocycles. The SMILES string of the molecule is COC1(c2cc(-c3ccccc3C)cnc2OCCO)COC1. The van der Waals surface area contributed by atoms with E-state index >= 15 is 0 Å². The van der Waals surface area contributed by atoms with Crippen LogP contribution in [0.25, 0.3) is 11.1 Å². The highest BCUT2D eigenvalue weighted by Crippen LogP contribution is 2.39. The highest BCUT2D eigenvalue weighted by Gasteiger charge is 2.43. The minimum Gasteiger partial charge on any atom is -0.475 e. The van der Waals surface area contributed by atoms with Crippen molar-refractivity contribution in [2.45, 2.75) is 12.5 Å². The zero-order chi connectivity index (χ0) is 16.3. The van der Waals surface area contributed by atoms with E-state index in [4.69, 9.17) is 19.3 Å². The predicted octanol–water partition coefficient (Wildman–Crippen LogP) is 2.30. The smallest absolute Gasteiger partial charge is 0.219 e. The molecule has 0 unspecified atom stereocenters. The predicted molar refractivity (Wildman–Crippen MR) is 86.5 cm³/mol. The number of hydrogen-bond donors (Lipinski definition) is 1. The molecular formula is C18H21NO4. The largest absolute Gasteiger partial charge is 0.475 e. The van der Waals surface area contributed by atoms with Gasteiger partial charge in [-0.15, -0.1) is 0 Å². The van der Waals surface area contributed by atoms with Crippen LogP contribution in [-0.4, -0.2) is 43.6 Å². The summed E-state index contributed by atoms with van der Waals surface area (Å²) in [5, 5.41) is 9.01. The van der Waals surface area contributed by atoms with Gasteiger partial charge in [0, 0.05) is 18.9 Å². The second kappa shape index (κ2) is 6.66. The number of aliphatic hydroxyl groups is 1. The van der Waals surface area contributed by atoms with E-state index in [2.05, 4.69) is 24.0 Å². The van der Waals surface area contributed by atoms with Gasteiger partial charge in [-0.1, -0.05) is 24.3 Å². The van der Waals surface area contributed by atoms with Crippen molar-refractivity contribution in [1.82, 2.24) is 4.98 Å². The number of benzene rings is 1. The van der Waals surface area contributed by atoms with Crippen molar-refractivity contribution in [3.63, 3.8) is 0 Å². The lowest BCUT2D eigenvalue weighted by Gasteiger charge is -2.40. The second-order valence-corrected chi connectivity index (χ2v) is 5.65. The lowest BCUT2D eigenvalue weighted by atomic mass is 9.90. The van der Waals surface area contributed by atoms with Crippen LogP contribution in [0.4, 0.5) is 0 Å². The molecule has 1 aromatic carbocycles. The molecule has 0 bridgehead atoms. The van der Waals surface area contributed by atoms with Gasteiger partial charge in [0.25, 0.3) is 0 Å². The molecule has 1 aromatic heterocycles. The second-order valence-electron chi connectivity index (χ2n) is 5.65. The van der Waals surface area contributed by atoms with Gasteiger partial charge in [-0.05, 0) is 24.1 Å². The highest BCUT2D eigenvalue weighted by molar-refractivity contribution is 5.68. The van der Waals surface area contributed by atoms with Crippen LogP contribution in [0.2, 0.25) is 0 Å². The quantitative estimate of drug-likeness (QED) is 0.886. The van der Waals surface area contributed by atoms with Crippen LogP contribution >= 0.6 is 0 Å². The van der Waals surface area contributed by atoms with Crippen LogP contribution in [0, 0.1) is 6.92 Å². The van der Waals surface area contributed by atoms with E-state index in [9.17, 15) is 0 Å². The zero-order valence-corrected chi connectivity index (χ0v) is 13.4. The Labute approximate surface area is 135 Å². The van der Waals surface area contributed by atoms with Crippen molar-refractivity contribution in [3.8, 4) is 17.0 Å². The van der Waals surface area contributed by atoms with E-state index in [1.807, 2.05) is 18.2 Å². The van der Waals surface area contributed by atoms with Crippen LogP contribution in [-0.2, 0) is 15.1 Å². The average Bonchev–Trinajstić information content (AvgIpc) is 2.53. The van der Waals surface area contributed by atoms with E-state index < -0.39 is 5.60 Å². The molecule has 1 N–H and O–H groups in total. The molecule has 5 heteroatoms. The monoisotopic (exact) mass is 315 g/mol. The van der Waals surface area contributed by atoms with Gasteiger partial charge in [0.1, 0.15) is 12.2 Å². The molecule has 1 aliphatic heterocycles. The number of aryl methyl sites for hydroxylation is 1. The number of aromatic nitrogens is 1. The maximum Gasteiger partial charge on any atom is 0.219 e. The fourth-order valence-electron chi connectivity index (χ4n) is 2.75. The summed E-state index contributed by atoms with van der Waals surface area (Å²) in [6.45, 7) is 3.15. The van der Waals surface area contributed by atoms with E-state index in [1.54, 1.807) is 13.3 Å². The lowest BCUT2D eigenvalue weighted by Crippen LogP contribution is -2.48. The number of nitrogens with zero attached hydrogens (tertiary/aromatic N) is 1. The zero-order valence-electron chi connectivity index (χ0n) is 13.4. The molecule has 0 amide bonds. The molecule has 5 nitrogen and oxygen atoms in total. The molecule has 2 heterocycles. The fraction of sp³-hybridized carbons (Fsp3) is 0.389. The normalized spacial score (nSPS) is 16.0. The third kappa shape index (κ3) is 2.95. The molecule has 0 aliphatic carbocycles. The summed E-state index contributed by atoms with van der Waals surface area (Å²) in [7, 11) is 1.67. The van der Waals surface area contributed by atoms with Gasteiger partial charge in [-0.3, -0.25) is 0 Å². The Kier molecular flexibility index (Phi) is 4.61. The van der Waals surface area contributed by atoms with Gasteiger partial charge < -0.3 is 19.3 Å². The summed E-state index contributed by atoms with van der Waals surface area (Å²) in [6, 6.07) is 10.2. The van der Waals surface area contributed by atoms with Gasteiger partial charge in [-0.2, -0.15) is 0 Å². The van der Waals surface area contributed by atoms with Crippen molar-refractivity contribution in [3.05, 3.63) is 47.7 Å². The van der Waals surface area contributed by atoms with Crippen molar-refractivity contribution in [2.75, 3.05) is 33.5 Å². The summed E-state index contributed by atoms with van der Waals surface area (Å²) in [5.74, 6) is 0.488. The van der Waals surface area contributed by atoms with Crippen LogP contribution in [0.3, 0.4) is 0 Å². The van der Waals surface area contributed by atoms with Crippen LogP contribution in [0.1, 0.15) is 11.1 Å². The number of hydrogen-bond acceptors (Lipinski definition) is 5. The molecule has 3 rings (SSSR count). The summed E-state index contributed by atoms with van der Waals surface area (Å²) in [6.07, 6.45) is 1.79. The van der Waals surface area contributed by atoms with Crippen molar-refractivity contribution in [2.24, 2.45) is 0 Å². The van der Waals surface area contributed by atoms with Gasteiger partial charge in [-0.25, -0.2) is 4.98 Å². The summed E-state index contributed by atoms with van der Waals surface area (Å²) < 4.78 is 16.6. The molecule has 1 fully saturated rings. The number of methoxy groups -OCH3 is 1. The topological polar surface area (TPSA) is 60.8 Å². The number of aliphatic hydroxyl groups excluding tert-OH is 1. The number of ether oxygens (including phenoxy) is 3. The standard InChI is InChI=1S/C18H21NO4/c1-13-5-3-4-6-15(13)14-9-16(18(21-2)11-22-12-18)17(19-10-14)23-8-7-20/h3-6,9-10,20H,7-8,11-12H2,1-2H3.